The van der Waals surface area contributed by atoms with Crippen LogP contribution >= 0.6 is 11.3 Å². The van der Waals surface area contributed by atoms with Crippen molar-refractivity contribution in [2.24, 2.45) is 4.99 Å². The minimum atomic E-state index is -0.577. The molecule has 0 bridgehead atoms. The lowest BCUT2D eigenvalue weighted by Crippen LogP contribution is -2.24. The number of rotatable bonds is 4. The first-order valence-electron chi connectivity index (χ1n) is 6.41. The molecule has 0 saturated carbocycles. The largest absolute Gasteiger partial charge is 0.343 e. The minimum Gasteiger partial charge on any atom is -0.336 e. The van der Waals surface area contributed by atoms with Crippen LogP contribution < -0.4 is 10.1 Å². The van der Waals surface area contributed by atoms with Gasteiger partial charge in [0.05, 0.1) is 17.7 Å². The second kappa shape index (κ2) is 6.94. The number of urea groups is 1. The number of nitrogens with zero attached hydrogens (tertiary/aromatic N) is 3. The molecule has 9 heteroatoms. The summed E-state index contributed by atoms with van der Waals surface area (Å²) in [6, 6.07) is 5.30. The lowest BCUT2D eigenvalue weighted by Gasteiger charge is -2.03. The number of halogens is 1. The molecule has 0 aliphatic heterocycles. The fourth-order valence-corrected chi connectivity index (χ4v) is 2.57. The summed E-state index contributed by atoms with van der Waals surface area (Å²) in [4.78, 5) is 25.9. The summed E-state index contributed by atoms with van der Waals surface area (Å²) in [7, 11) is 0. The Labute approximate surface area is 128 Å². The predicted molar refractivity (Wildman–Crippen MR) is 79.1 cm³/mol. The Morgan fingerprint density at radius 3 is 2.95 bits per heavy atom. The highest BCUT2D eigenvalue weighted by Crippen LogP contribution is 2.15. The van der Waals surface area contributed by atoms with Gasteiger partial charge in [0.25, 0.3) is 0 Å². The zero-order valence-electron chi connectivity index (χ0n) is 11.7. The van der Waals surface area contributed by atoms with Gasteiger partial charge < -0.3 is 9.88 Å². The highest BCUT2D eigenvalue weighted by Gasteiger charge is 2.13. The van der Waals surface area contributed by atoms with Gasteiger partial charge in [-0.3, -0.25) is 10.1 Å². The number of hydrogen-bond donors (Lipinski definition) is 1. The summed E-state index contributed by atoms with van der Waals surface area (Å²) in [5, 5.41) is 13.2. The zero-order chi connectivity index (χ0) is 16.1. The lowest BCUT2D eigenvalue weighted by molar-refractivity contribution is -0.380. The molecule has 0 fully saturated rings. The first-order chi connectivity index (χ1) is 10.5. The van der Waals surface area contributed by atoms with Gasteiger partial charge in [-0.15, -0.1) is 0 Å². The number of carbonyl (C=O) groups excluding carboxylic acids is 1. The Balaban J connectivity index is 2.40. The molecule has 0 aliphatic carbocycles. The SMILES string of the molecule is CCNC(=O)N=c1sc([N+](=O)[O-])cn1Cc1cccc(F)c1. The highest BCUT2D eigenvalue weighted by atomic mass is 32.1. The van der Waals surface area contributed by atoms with E-state index in [4.69, 9.17) is 0 Å². The van der Waals surface area contributed by atoms with Crippen LogP contribution in [0.2, 0.25) is 0 Å². The molecule has 2 aromatic rings. The van der Waals surface area contributed by atoms with Crippen molar-refractivity contribution in [2.45, 2.75) is 13.5 Å². The maximum absolute atomic E-state index is 13.2. The van der Waals surface area contributed by atoms with E-state index in [1.54, 1.807) is 19.1 Å². The van der Waals surface area contributed by atoms with Crippen LogP contribution in [-0.4, -0.2) is 22.1 Å². The third-order valence-corrected chi connectivity index (χ3v) is 3.63. The standard InChI is InChI=1S/C13H13FN4O3S/c1-2-15-12(19)16-13-17(8-11(22-13)18(20)21)7-9-4-3-5-10(14)6-9/h3-6,8H,2,7H2,1H3,(H,15,19). The van der Waals surface area contributed by atoms with E-state index in [0.717, 1.165) is 11.3 Å². The summed E-state index contributed by atoms with van der Waals surface area (Å²) in [6.07, 6.45) is 1.29. The van der Waals surface area contributed by atoms with E-state index in [1.165, 1.54) is 22.9 Å². The normalized spacial score (nSPS) is 11.5. The summed E-state index contributed by atoms with van der Waals surface area (Å²) in [6.45, 7) is 2.32. The van der Waals surface area contributed by atoms with Gasteiger partial charge in [-0.25, -0.2) is 9.18 Å². The van der Waals surface area contributed by atoms with E-state index in [-0.39, 0.29) is 16.3 Å². The fourth-order valence-electron chi connectivity index (χ4n) is 1.76. The molecule has 1 aromatic carbocycles. The molecule has 0 atom stereocenters. The van der Waals surface area contributed by atoms with Crippen LogP contribution in [0.1, 0.15) is 12.5 Å². The average molecular weight is 324 g/mol. The molecule has 22 heavy (non-hydrogen) atoms. The Kier molecular flexibility index (Phi) is 4.99. The van der Waals surface area contributed by atoms with Gasteiger partial charge in [-0.05, 0) is 36.0 Å². The molecule has 0 spiro atoms. The van der Waals surface area contributed by atoms with Crippen molar-refractivity contribution in [2.75, 3.05) is 6.54 Å². The fraction of sp³-hybridized carbons (Fsp3) is 0.231. The van der Waals surface area contributed by atoms with Crippen LogP contribution in [0.4, 0.5) is 14.2 Å². The summed E-state index contributed by atoms with van der Waals surface area (Å²) >= 11 is 0.788. The van der Waals surface area contributed by atoms with E-state index in [0.29, 0.717) is 12.1 Å². The average Bonchev–Trinajstić information content (AvgIpc) is 2.82. The molecule has 1 aromatic heterocycles. The smallest absolute Gasteiger partial charge is 0.336 e. The van der Waals surface area contributed by atoms with Gasteiger partial charge in [0.15, 0.2) is 0 Å². The molecule has 2 rings (SSSR count). The van der Waals surface area contributed by atoms with Crippen LogP contribution in [-0.2, 0) is 6.54 Å². The Hall–Kier alpha value is -2.55. The van der Waals surface area contributed by atoms with E-state index >= 15 is 0 Å². The third-order valence-electron chi connectivity index (χ3n) is 2.65. The number of thiazole rings is 1. The maximum Gasteiger partial charge on any atom is 0.343 e. The second-order valence-corrected chi connectivity index (χ2v) is 5.30. The van der Waals surface area contributed by atoms with Crippen molar-refractivity contribution in [3.8, 4) is 0 Å². The van der Waals surface area contributed by atoms with Crippen LogP contribution in [0.15, 0.2) is 35.5 Å². The van der Waals surface area contributed by atoms with Crippen molar-refractivity contribution in [1.82, 2.24) is 9.88 Å². The van der Waals surface area contributed by atoms with E-state index in [2.05, 4.69) is 10.3 Å². The zero-order valence-corrected chi connectivity index (χ0v) is 12.5. The lowest BCUT2D eigenvalue weighted by atomic mass is 10.2. The monoisotopic (exact) mass is 324 g/mol. The van der Waals surface area contributed by atoms with Gasteiger partial charge in [0.2, 0.25) is 4.80 Å². The molecule has 0 radical (unpaired) electrons. The number of carbonyl (C=O) groups is 1. The third kappa shape index (κ3) is 3.98. The van der Waals surface area contributed by atoms with E-state index < -0.39 is 16.8 Å². The van der Waals surface area contributed by atoms with Crippen LogP contribution in [0.5, 0.6) is 0 Å². The number of amides is 2. The van der Waals surface area contributed by atoms with Crippen molar-refractivity contribution < 1.29 is 14.1 Å². The Morgan fingerprint density at radius 2 is 2.32 bits per heavy atom. The first-order valence-corrected chi connectivity index (χ1v) is 7.23. The molecule has 7 nitrogen and oxygen atoms in total. The van der Waals surface area contributed by atoms with Crippen LogP contribution in [0.3, 0.4) is 0 Å². The van der Waals surface area contributed by atoms with Crippen molar-refractivity contribution in [3.63, 3.8) is 0 Å². The molecule has 1 N–H and O–H groups in total. The van der Waals surface area contributed by atoms with Crippen molar-refractivity contribution >= 4 is 22.4 Å². The topological polar surface area (TPSA) is 89.5 Å². The van der Waals surface area contributed by atoms with Gasteiger partial charge >= 0.3 is 11.0 Å². The van der Waals surface area contributed by atoms with E-state index in [1.807, 2.05) is 0 Å². The molecule has 0 saturated heterocycles. The highest BCUT2D eigenvalue weighted by molar-refractivity contribution is 7.12. The molecule has 2 amide bonds. The molecular formula is C13H13FN4O3S. The quantitative estimate of drug-likeness (QED) is 0.691. The first kappa shape index (κ1) is 15.8. The Morgan fingerprint density at radius 1 is 1.55 bits per heavy atom. The van der Waals surface area contributed by atoms with Gasteiger partial charge in [-0.1, -0.05) is 12.1 Å². The molecule has 0 aliphatic rings. The van der Waals surface area contributed by atoms with Crippen LogP contribution in [0, 0.1) is 15.9 Å². The summed E-state index contributed by atoms with van der Waals surface area (Å²) < 4.78 is 14.7. The van der Waals surface area contributed by atoms with Gasteiger partial charge in [-0.2, -0.15) is 4.99 Å². The number of nitro groups is 1. The second-order valence-electron chi connectivity index (χ2n) is 4.31. The summed E-state index contributed by atoms with van der Waals surface area (Å²) in [5.41, 5.74) is 0.616. The molecule has 0 unspecified atom stereocenters. The summed E-state index contributed by atoms with van der Waals surface area (Å²) in [5.74, 6) is -0.398. The molecule has 1 heterocycles. The number of hydrogen-bond acceptors (Lipinski definition) is 4. The molecular weight excluding hydrogens is 311 g/mol. The van der Waals surface area contributed by atoms with Gasteiger partial charge in [0.1, 0.15) is 5.82 Å². The number of benzene rings is 1. The number of aromatic nitrogens is 1. The Bertz CT molecular complexity index is 769. The predicted octanol–water partition coefficient (Wildman–Crippen LogP) is 2.28. The van der Waals surface area contributed by atoms with Crippen LogP contribution in [0.25, 0.3) is 0 Å². The maximum atomic E-state index is 13.2. The van der Waals surface area contributed by atoms with Gasteiger partial charge in [0, 0.05) is 6.54 Å². The number of nitrogens with one attached hydrogen (secondary N) is 1. The molecule has 116 valence electrons. The van der Waals surface area contributed by atoms with Crippen molar-refractivity contribution in [1.29, 1.82) is 0 Å². The van der Waals surface area contributed by atoms with Crippen molar-refractivity contribution in [3.05, 3.63) is 56.8 Å². The minimum absolute atomic E-state index is 0.139. The van der Waals surface area contributed by atoms with E-state index in [9.17, 15) is 19.3 Å².